The van der Waals surface area contributed by atoms with Gasteiger partial charge in [0.2, 0.25) is 5.91 Å². The van der Waals surface area contributed by atoms with Crippen LogP contribution in [0.5, 0.6) is 0 Å². The van der Waals surface area contributed by atoms with Crippen LogP contribution in [0.15, 0.2) is 28.4 Å². The van der Waals surface area contributed by atoms with E-state index < -0.39 is 0 Å². The standard InChI is InChI=1S/C8H9N3OS/c9-7(12)3-6-4-10-8-11(5-6)1-2-13-8/h1-2,4H,3,5H2,(H2,9,12). The van der Waals surface area contributed by atoms with Crippen LogP contribution in [0.1, 0.15) is 6.42 Å². The first kappa shape index (κ1) is 8.37. The Bertz CT molecular complexity index is 332. The number of carbonyl (C=O) groups is 1. The van der Waals surface area contributed by atoms with Gasteiger partial charge >= 0.3 is 0 Å². The van der Waals surface area contributed by atoms with Crippen molar-refractivity contribution >= 4 is 22.8 Å². The van der Waals surface area contributed by atoms with E-state index in [2.05, 4.69) is 4.99 Å². The molecular formula is C8H9N3OS. The van der Waals surface area contributed by atoms with Gasteiger partial charge < -0.3 is 10.6 Å². The van der Waals surface area contributed by atoms with E-state index in [0.29, 0.717) is 6.42 Å². The second-order valence-corrected chi connectivity index (χ2v) is 3.75. The molecule has 0 aliphatic carbocycles. The molecule has 0 saturated heterocycles. The highest BCUT2D eigenvalue weighted by atomic mass is 32.2. The third-order valence-electron chi connectivity index (χ3n) is 1.79. The molecule has 4 nitrogen and oxygen atoms in total. The maximum Gasteiger partial charge on any atom is 0.221 e. The Hall–Kier alpha value is -1.23. The van der Waals surface area contributed by atoms with Gasteiger partial charge in [-0.1, -0.05) is 11.8 Å². The van der Waals surface area contributed by atoms with Crippen LogP contribution in [-0.4, -0.2) is 22.5 Å². The number of amides is 1. The highest BCUT2D eigenvalue weighted by molar-refractivity contribution is 8.16. The van der Waals surface area contributed by atoms with Crippen molar-refractivity contribution in [1.29, 1.82) is 0 Å². The van der Waals surface area contributed by atoms with E-state index in [1.54, 1.807) is 18.0 Å². The molecule has 2 heterocycles. The van der Waals surface area contributed by atoms with Gasteiger partial charge in [-0.2, -0.15) is 0 Å². The van der Waals surface area contributed by atoms with E-state index in [-0.39, 0.29) is 5.91 Å². The largest absolute Gasteiger partial charge is 0.369 e. The summed E-state index contributed by atoms with van der Waals surface area (Å²) in [5, 5.41) is 2.94. The number of nitrogens with zero attached hydrogens (tertiary/aromatic N) is 2. The van der Waals surface area contributed by atoms with Crippen molar-refractivity contribution in [2.24, 2.45) is 10.7 Å². The Morgan fingerprint density at radius 3 is 3.38 bits per heavy atom. The lowest BCUT2D eigenvalue weighted by atomic mass is 10.2. The summed E-state index contributed by atoms with van der Waals surface area (Å²) in [5.74, 6) is -0.305. The Balaban J connectivity index is 2.09. The average molecular weight is 195 g/mol. The molecule has 0 atom stereocenters. The molecule has 2 aliphatic rings. The molecular weight excluding hydrogens is 186 g/mol. The zero-order chi connectivity index (χ0) is 9.26. The Labute approximate surface area is 80.2 Å². The molecule has 13 heavy (non-hydrogen) atoms. The minimum absolute atomic E-state index is 0.297. The summed E-state index contributed by atoms with van der Waals surface area (Å²) in [5.41, 5.74) is 6.05. The number of thioether (sulfide) groups is 1. The van der Waals surface area contributed by atoms with Gasteiger partial charge in [-0.05, 0) is 11.0 Å². The number of rotatable bonds is 2. The van der Waals surface area contributed by atoms with Crippen molar-refractivity contribution in [3.05, 3.63) is 23.4 Å². The molecule has 0 radical (unpaired) electrons. The molecule has 0 aromatic carbocycles. The summed E-state index contributed by atoms with van der Waals surface area (Å²) in [7, 11) is 0. The highest BCUT2D eigenvalue weighted by Crippen LogP contribution is 2.24. The SMILES string of the molecule is NC(=O)CC1=CN=C2SC=CN2C1. The van der Waals surface area contributed by atoms with E-state index in [1.165, 1.54) is 0 Å². The fraction of sp³-hybridized carbons (Fsp3) is 0.250. The first-order valence-corrected chi connectivity index (χ1v) is 4.77. The predicted molar refractivity (Wildman–Crippen MR) is 52.8 cm³/mol. The summed E-state index contributed by atoms with van der Waals surface area (Å²) in [6.45, 7) is 0.727. The smallest absolute Gasteiger partial charge is 0.221 e. The Morgan fingerprint density at radius 1 is 1.77 bits per heavy atom. The molecule has 0 fully saturated rings. The fourth-order valence-corrected chi connectivity index (χ4v) is 1.96. The molecule has 0 unspecified atom stereocenters. The first-order valence-electron chi connectivity index (χ1n) is 3.90. The number of carbonyl (C=O) groups excluding carboxylic acids is 1. The van der Waals surface area contributed by atoms with Crippen LogP contribution in [0.25, 0.3) is 0 Å². The molecule has 2 aliphatic heterocycles. The minimum Gasteiger partial charge on any atom is -0.369 e. The number of primary amides is 1. The lowest BCUT2D eigenvalue weighted by molar-refractivity contribution is -0.117. The predicted octanol–water partition coefficient (Wildman–Crippen LogP) is 0.635. The normalized spacial score (nSPS) is 19.5. The second kappa shape index (κ2) is 3.26. The third-order valence-corrected chi connectivity index (χ3v) is 2.60. The van der Waals surface area contributed by atoms with Crippen molar-refractivity contribution in [3.63, 3.8) is 0 Å². The number of aliphatic imine (C=N–C) groups is 1. The molecule has 68 valence electrons. The molecule has 0 spiro atoms. The number of fused-ring (bicyclic) bond motifs is 1. The molecule has 0 aromatic rings. The Kier molecular flexibility index (Phi) is 2.10. The van der Waals surface area contributed by atoms with Crippen LogP contribution in [0.4, 0.5) is 0 Å². The zero-order valence-electron chi connectivity index (χ0n) is 6.93. The van der Waals surface area contributed by atoms with Gasteiger partial charge in [0.05, 0.1) is 6.42 Å². The van der Waals surface area contributed by atoms with Gasteiger partial charge in [0, 0.05) is 18.9 Å². The van der Waals surface area contributed by atoms with E-state index in [0.717, 1.165) is 17.3 Å². The summed E-state index contributed by atoms with van der Waals surface area (Å²) in [6, 6.07) is 0. The molecule has 0 saturated carbocycles. The lowest BCUT2D eigenvalue weighted by Crippen LogP contribution is -2.26. The van der Waals surface area contributed by atoms with Crippen LogP contribution >= 0.6 is 11.8 Å². The lowest BCUT2D eigenvalue weighted by Gasteiger charge is -2.20. The number of hydrogen-bond acceptors (Lipinski definition) is 4. The van der Waals surface area contributed by atoms with Crippen molar-refractivity contribution in [1.82, 2.24) is 4.90 Å². The van der Waals surface area contributed by atoms with Crippen molar-refractivity contribution in [2.45, 2.75) is 6.42 Å². The molecule has 2 rings (SSSR count). The van der Waals surface area contributed by atoms with Crippen molar-refractivity contribution < 1.29 is 4.79 Å². The van der Waals surface area contributed by atoms with Crippen molar-refractivity contribution in [3.8, 4) is 0 Å². The summed E-state index contributed by atoms with van der Waals surface area (Å²) in [4.78, 5) is 16.9. The van der Waals surface area contributed by atoms with Crippen LogP contribution in [-0.2, 0) is 4.79 Å². The number of hydrogen-bond donors (Lipinski definition) is 1. The van der Waals surface area contributed by atoms with Crippen LogP contribution in [0.3, 0.4) is 0 Å². The highest BCUT2D eigenvalue weighted by Gasteiger charge is 2.19. The fourth-order valence-electron chi connectivity index (χ4n) is 1.25. The van der Waals surface area contributed by atoms with Gasteiger partial charge in [0.1, 0.15) is 0 Å². The van der Waals surface area contributed by atoms with Crippen LogP contribution in [0.2, 0.25) is 0 Å². The third kappa shape index (κ3) is 1.75. The van der Waals surface area contributed by atoms with Gasteiger partial charge in [0.25, 0.3) is 0 Å². The van der Waals surface area contributed by atoms with Crippen molar-refractivity contribution in [2.75, 3.05) is 6.54 Å². The van der Waals surface area contributed by atoms with Gasteiger partial charge in [-0.3, -0.25) is 4.79 Å². The van der Waals surface area contributed by atoms with E-state index in [9.17, 15) is 4.79 Å². The first-order chi connectivity index (χ1) is 6.25. The molecule has 0 aromatic heterocycles. The molecule has 0 bridgehead atoms. The number of amidine groups is 1. The zero-order valence-corrected chi connectivity index (χ0v) is 7.75. The quantitative estimate of drug-likeness (QED) is 0.703. The molecule has 1 amide bonds. The topological polar surface area (TPSA) is 58.7 Å². The minimum atomic E-state index is -0.305. The molecule has 2 N–H and O–H groups in total. The van der Waals surface area contributed by atoms with Crippen LogP contribution < -0.4 is 5.73 Å². The number of nitrogens with two attached hydrogens (primary N) is 1. The van der Waals surface area contributed by atoms with Gasteiger partial charge in [0.15, 0.2) is 5.17 Å². The monoisotopic (exact) mass is 195 g/mol. The maximum absolute atomic E-state index is 10.7. The summed E-state index contributed by atoms with van der Waals surface area (Å²) >= 11 is 1.58. The summed E-state index contributed by atoms with van der Waals surface area (Å²) < 4.78 is 0. The van der Waals surface area contributed by atoms with Gasteiger partial charge in [-0.25, -0.2) is 4.99 Å². The second-order valence-electron chi connectivity index (χ2n) is 2.87. The van der Waals surface area contributed by atoms with E-state index in [4.69, 9.17) is 5.73 Å². The maximum atomic E-state index is 10.7. The average Bonchev–Trinajstić information content (AvgIpc) is 2.49. The van der Waals surface area contributed by atoms with Gasteiger partial charge in [-0.15, -0.1) is 0 Å². The van der Waals surface area contributed by atoms with Crippen LogP contribution in [0, 0.1) is 0 Å². The molecule has 5 heteroatoms. The summed E-state index contributed by atoms with van der Waals surface area (Å²) in [6.07, 6.45) is 3.99. The van der Waals surface area contributed by atoms with E-state index >= 15 is 0 Å². The Morgan fingerprint density at radius 2 is 2.62 bits per heavy atom. The van der Waals surface area contributed by atoms with E-state index in [1.807, 2.05) is 16.5 Å².